The summed E-state index contributed by atoms with van der Waals surface area (Å²) in [5, 5.41) is 3.86. The van der Waals surface area contributed by atoms with Crippen LogP contribution in [0.25, 0.3) is 11.0 Å². The average Bonchev–Trinajstić information content (AvgIpc) is 3.66. The van der Waals surface area contributed by atoms with Crippen molar-refractivity contribution < 1.29 is 14.3 Å². The van der Waals surface area contributed by atoms with E-state index >= 15 is 0 Å². The lowest BCUT2D eigenvalue weighted by Gasteiger charge is -2.34. The predicted octanol–water partition coefficient (Wildman–Crippen LogP) is 3.81. The van der Waals surface area contributed by atoms with E-state index in [9.17, 15) is 4.79 Å². The van der Waals surface area contributed by atoms with Gasteiger partial charge >= 0.3 is 0 Å². The van der Waals surface area contributed by atoms with Crippen LogP contribution in [0, 0.1) is 5.92 Å². The van der Waals surface area contributed by atoms with E-state index < -0.39 is 0 Å². The highest BCUT2D eigenvalue weighted by molar-refractivity contribution is 6.32. The van der Waals surface area contributed by atoms with Gasteiger partial charge in [-0.25, -0.2) is 15.0 Å². The lowest BCUT2D eigenvalue weighted by atomic mass is 10.1. The zero-order valence-electron chi connectivity index (χ0n) is 19.8. The number of amides is 1. The number of benzene rings is 1. The zero-order valence-corrected chi connectivity index (χ0v) is 20.5. The number of ether oxygens (including phenoxy) is 2. The topological polar surface area (TPSA) is 92.7 Å². The van der Waals surface area contributed by atoms with Crippen LogP contribution in [0.4, 0.5) is 17.3 Å². The Hall–Kier alpha value is -3.43. The van der Waals surface area contributed by atoms with Crippen molar-refractivity contribution >= 4 is 45.9 Å². The third-order valence-electron chi connectivity index (χ3n) is 7.15. The van der Waals surface area contributed by atoms with Crippen molar-refractivity contribution in [3.05, 3.63) is 54.3 Å². The molecule has 3 saturated heterocycles. The molecule has 10 heteroatoms. The summed E-state index contributed by atoms with van der Waals surface area (Å²) in [6.45, 7) is 7.18. The number of rotatable bonds is 7. The zero-order chi connectivity index (χ0) is 24.6. The molecule has 6 rings (SSSR count). The number of pyridine rings is 1. The molecule has 5 heterocycles. The van der Waals surface area contributed by atoms with Crippen LogP contribution >= 0.6 is 11.6 Å². The first-order valence-corrected chi connectivity index (χ1v) is 12.6. The molecule has 186 valence electrons. The second-order valence-corrected chi connectivity index (χ2v) is 9.87. The maximum Gasteiger partial charge on any atom is 0.246 e. The Bertz CT molecular complexity index is 1310. The second-order valence-electron chi connectivity index (χ2n) is 9.46. The Labute approximate surface area is 214 Å². The van der Waals surface area contributed by atoms with Gasteiger partial charge in [-0.05, 0) is 49.2 Å². The molecule has 1 aromatic carbocycles. The molecule has 3 fully saturated rings. The smallest absolute Gasteiger partial charge is 0.246 e. The molecule has 2 bridgehead atoms. The standard InChI is InChI=1S/C26H27ClN6O3/c1-2-24(34)33-12-18-10-19(33)11-32(18)23-6-4-21-25(31-23)26(29-15-28-21)30-17-3-5-22(20(27)9-17)36-14-16-7-8-35-13-16/h2-6,9,15-16,18-19H,1,7-8,10-14H2,(H,28,29,30)/t16?,18-,19-/m0/s1. The third-order valence-corrected chi connectivity index (χ3v) is 7.45. The Morgan fingerprint density at radius 1 is 1.25 bits per heavy atom. The molecular weight excluding hydrogens is 480 g/mol. The number of anilines is 3. The van der Waals surface area contributed by atoms with E-state index in [1.54, 1.807) is 0 Å². The van der Waals surface area contributed by atoms with Crippen LogP contribution in [0.2, 0.25) is 5.02 Å². The summed E-state index contributed by atoms with van der Waals surface area (Å²) in [4.78, 5) is 30.0. The Morgan fingerprint density at radius 2 is 2.17 bits per heavy atom. The minimum absolute atomic E-state index is 0.00357. The van der Waals surface area contributed by atoms with Crippen molar-refractivity contribution in [3.8, 4) is 5.75 Å². The summed E-state index contributed by atoms with van der Waals surface area (Å²) in [7, 11) is 0. The molecular formula is C26H27ClN6O3. The number of hydrogen-bond acceptors (Lipinski definition) is 8. The van der Waals surface area contributed by atoms with E-state index in [1.165, 1.54) is 12.4 Å². The second kappa shape index (κ2) is 9.55. The van der Waals surface area contributed by atoms with E-state index in [0.29, 0.717) is 41.2 Å². The molecule has 1 amide bonds. The third kappa shape index (κ3) is 4.33. The molecule has 3 aromatic rings. The van der Waals surface area contributed by atoms with E-state index in [0.717, 1.165) is 49.6 Å². The summed E-state index contributed by atoms with van der Waals surface area (Å²) >= 11 is 6.51. The quantitative estimate of drug-likeness (QED) is 0.483. The minimum Gasteiger partial charge on any atom is -0.492 e. The average molecular weight is 507 g/mol. The number of aromatic nitrogens is 3. The van der Waals surface area contributed by atoms with E-state index in [2.05, 4.69) is 26.8 Å². The largest absolute Gasteiger partial charge is 0.492 e. The van der Waals surface area contributed by atoms with Gasteiger partial charge in [0.2, 0.25) is 5.91 Å². The lowest BCUT2D eigenvalue weighted by molar-refractivity contribution is -0.127. The number of halogens is 1. The van der Waals surface area contributed by atoms with Crippen molar-refractivity contribution in [1.82, 2.24) is 19.9 Å². The highest BCUT2D eigenvalue weighted by Crippen LogP contribution is 2.35. The lowest BCUT2D eigenvalue weighted by Crippen LogP contribution is -2.48. The monoisotopic (exact) mass is 506 g/mol. The molecule has 9 nitrogen and oxygen atoms in total. The van der Waals surface area contributed by atoms with Crippen LogP contribution in [0.15, 0.2) is 49.3 Å². The van der Waals surface area contributed by atoms with Crippen molar-refractivity contribution in [2.75, 3.05) is 43.1 Å². The number of carbonyl (C=O) groups is 1. The van der Waals surface area contributed by atoms with Gasteiger partial charge in [0.15, 0.2) is 5.82 Å². The Morgan fingerprint density at radius 3 is 2.92 bits per heavy atom. The number of hydrogen-bond donors (Lipinski definition) is 1. The van der Waals surface area contributed by atoms with Gasteiger partial charge in [0, 0.05) is 31.3 Å². The van der Waals surface area contributed by atoms with Gasteiger partial charge in [-0.3, -0.25) is 4.79 Å². The van der Waals surface area contributed by atoms with E-state index in [4.69, 9.17) is 26.1 Å². The molecule has 0 saturated carbocycles. The molecule has 36 heavy (non-hydrogen) atoms. The number of likely N-dealkylation sites (tertiary alicyclic amines) is 1. The Balaban J connectivity index is 1.20. The van der Waals surface area contributed by atoms with Crippen LogP contribution in [0.1, 0.15) is 12.8 Å². The summed E-state index contributed by atoms with van der Waals surface area (Å²) in [5.74, 6) is 2.51. The minimum atomic E-state index is -0.00357. The van der Waals surface area contributed by atoms with Crippen LogP contribution in [0.3, 0.4) is 0 Å². The fourth-order valence-electron chi connectivity index (χ4n) is 5.27. The normalized spacial score (nSPS) is 22.9. The number of nitrogens with zero attached hydrogens (tertiary/aromatic N) is 5. The predicted molar refractivity (Wildman–Crippen MR) is 138 cm³/mol. The summed E-state index contributed by atoms with van der Waals surface area (Å²) in [5.41, 5.74) is 2.20. The van der Waals surface area contributed by atoms with Gasteiger partial charge in [0.1, 0.15) is 23.4 Å². The Kier molecular flexibility index (Phi) is 6.10. The van der Waals surface area contributed by atoms with Gasteiger partial charge in [0.25, 0.3) is 0 Å². The fraction of sp³-hybridized carbons (Fsp3) is 0.385. The van der Waals surface area contributed by atoms with Crippen LogP contribution in [-0.4, -0.2) is 70.8 Å². The number of piperazine rings is 1. The van der Waals surface area contributed by atoms with Gasteiger partial charge in [0.05, 0.1) is 35.8 Å². The first-order chi connectivity index (χ1) is 17.6. The summed E-state index contributed by atoms with van der Waals surface area (Å²) in [6.07, 6.45) is 4.86. The van der Waals surface area contributed by atoms with Gasteiger partial charge in [-0.1, -0.05) is 18.2 Å². The fourth-order valence-corrected chi connectivity index (χ4v) is 5.51. The number of nitrogens with one attached hydrogen (secondary N) is 1. The van der Waals surface area contributed by atoms with E-state index in [1.807, 2.05) is 35.2 Å². The van der Waals surface area contributed by atoms with Gasteiger partial charge < -0.3 is 24.6 Å². The van der Waals surface area contributed by atoms with Gasteiger partial charge in [-0.15, -0.1) is 0 Å². The summed E-state index contributed by atoms with van der Waals surface area (Å²) in [6, 6.07) is 9.97. The molecule has 3 atom stereocenters. The van der Waals surface area contributed by atoms with Crippen molar-refractivity contribution in [1.29, 1.82) is 0 Å². The maximum absolute atomic E-state index is 12.1. The molecule has 0 spiro atoms. The van der Waals surface area contributed by atoms with E-state index in [-0.39, 0.29) is 18.0 Å². The molecule has 0 aliphatic carbocycles. The first kappa shape index (κ1) is 23.0. The highest BCUT2D eigenvalue weighted by Gasteiger charge is 2.45. The SMILES string of the molecule is C=CC(=O)N1C[C@@H]2C[C@H]1CN2c1ccc2ncnc(Nc3ccc(OCC4CCOC4)c(Cl)c3)c2n1. The molecule has 3 aliphatic heterocycles. The van der Waals surface area contributed by atoms with Crippen molar-refractivity contribution in [3.63, 3.8) is 0 Å². The van der Waals surface area contributed by atoms with Crippen LogP contribution < -0.4 is 15.0 Å². The highest BCUT2D eigenvalue weighted by atomic mass is 35.5. The molecule has 2 aromatic heterocycles. The number of fused-ring (bicyclic) bond motifs is 3. The molecule has 1 unspecified atom stereocenters. The maximum atomic E-state index is 12.1. The van der Waals surface area contributed by atoms with Gasteiger partial charge in [-0.2, -0.15) is 0 Å². The van der Waals surface area contributed by atoms with Crippen molar-refractivity contribution in [2.45, 2.75) is 24.9 Å². The van der Waals surface area contributed by atoms with Crippen LogP contribution in [-0.2, 0) is 9.53 Å². The first-order valence-electron chi connectivity index (χ1n) is 12.2. The van der Waals surface area contributed by atoms with Crippen LogP contribution in [0.5, 0.6) is 5.75 Å². The molecule has 1 N–H and O–H groups in total. The molecule has 3 aliphatic rings. The summed E-state index contributed by atoms with van der Waals surface area (Å²) < 4.78 is 11.3. The number of carbonyl (C=O) groups excluding carboxylic acids is 1. The molecule has 0 radical (unpaired) electrons. The van der Waals surface area contributed by atoms with Crippen molar-refractivity contribution in [2.24, 2.45) is 5.92 Å².